The molecule has 0 amide bonds. The Bertz CT molecular complexity index is 316. The number of hydrogen-bond acceptors (Lipinski definition) is 2. The molecular formula is C13H21NO. The summed E-state index contributed by atoms with van der Waals surface area (Å²) in [5.74, 6) is 3.79. The maximum atomic E-state index is 5.77. The molecule has 0 aromatic carbocycles. The summed E-state index contributed by atoms with van der Waals surface area (Å²) in [6.07, 6.45) is 2.29. The number of nitrogens with one attached hydrogen (secondary N) is 1. The van der Waals surface area contributed by atoms with Gasteiger partial charge in [0.2, 0.25) is 0 Å². The third-order valence-electron chi connectivity index (χ3n) is 3.11. The second-order valence-electron chi connectivity index (χ2n) is 4.82. The van der Waals surface area contributed by atoms with Crippen LogP contribution in [0.2, 0.25) is 0 Å². The van der Waals surface area contributed by atoms with Crippen molar-refractivity contribution in [3.05, 3.63) is 23.7 Å². The van der Waals surface area contributed by atoms with Gasteiger partial charge in [0, 0.05) is 18.4 Å². The van der Waals surface area contributed by atoms with Crippen LogP contribution in [0.15, 0.2) is 16.5 Å². The Morgan fingerprint density at radius 2 is 2.27 bits per heavy atom. The summed E-state index contributed by atoms with van der Waals surface area (Å²) in [4.78, 5) is 0. The zero-order chi connectivity index (χ0) is 10.8. The van der Waals surface area contributed by atoms with E-state index in [4.69, 9.17) is 4.42 Å². The summed E-state index contributed by atoms with van der Waals surface area (Å²) in [5, 5.41) is 3.49. The van der Waals surface area contributed by atoms with Crippen molar-refractivity contribution in [3.8, 4) is 0 Å². The minimum Gasteiger partial charge on any atom is -0.466 e. The molecule has 0 radical (unpaired) electrons. The highest BCUT2D eigenvalue weighted by atomic mass is 16.3. The Morgan fingerprint density at radius 3 is 2.87 bits per heavy atom. The van der Waals surface area contributed by atoms with Crippen molar-refractivity contribution in [3.63, 3.8) is 0 Å². The normalized spacial score (nSPS) is 24.8. The summed E-state index contributed by atoms with van der Waals surface area (Å²) >= 11 is 0. The molecule has 2 heteroatoms. The van der Waals surface area contributed by atoms with Crippen LogP contribution in [0.3, 0.4) is 0 Å². The fourth-order valence-electron chi connectivity index (χ4n) is 1.99. The number of rotatable bonds is 5. The van der Waals surface area contributed by atoms with E-state index in [2.05, 4.69) is 38.2 Å². The van der Waals surface area contributed by atoms with Crippen molar-refractivity contribution in [2.45, 2.75) is 45.6 Å². The molecule has 1 fully saturated rings. The number of hydrogen-bond donors (Lipinski definition) is 1. The van der Waals surface area contributed by atoms with E-state index in [1.54, 1.807) is 0 Å². The first kappa shape index (κ1) is 10.7. The summed E-state index contributed by atoms with van der Waals surface area (Å²) in [6.45, 7) is 7.65. The molecule has 2 rings (SSSR count). The lowest BCUT2D eigenvalue weighted by molar-refractivity contribution is 0.459. The van der Waals surface area contributed by atoms with Crippen molar-refractivity contribution in [1.82, 2.24) is 5.32 Å². The fraction of sp³-hybridized carbons (Fsp3) is 0.692. The first-order valence-electron chi connectivity index (χ1n) is 6.02. The van der Waals surface area contributed by atoms with Crippen LogP contribution in [0.5, 0.6) is 0 Å². The molecule has 0 spiro atoms. The van der Waals surface area contributed by atoms with E-state index in [1.165, 1.54) is 12.2 Å². The van der Waals surface area contributed by atoms with Crippen LogP contribution in [0.4, 0.5) is 0 Å². The summed E-state index contributed by atoms with van der Waals surface area (Å²) in [5.41, 5.74) is 0. The van der Waals surface area contributed by atoms with E-state index >= 15 is 0 Å². The largest absolute Gasteiger partial charge is 0.466 e. The topological polar surface area (TPSA) is 25.2 Å². The van der Waals surface area contributed by atoms with E-state index in [0.29, 0.717) is 12.0 Å². The van der Waals surface area contributed by atoms with E-state index < -0.39 is 0 Å². The molecule has 1 aromatic rings. The minimum atomic E-state index is 0.592. The predicted octanol–water partition coefficient (Wildman–Crippen LogP) is 2.94. The molecule has 15 heavy (non-hydrogen) atoms. The Morgan fingerprint density at radius 1 is 1.47 bits per heavy atom. The molecule has 2 nitrogen and oxygen atoms in total. The zero-order valence-electron chi connectivity index (χ0n) is 9.92. The van der Waals surface area contributed by atoms with Crippen molar-refractivity contribution < 1.29 is 4.42 Å². The summed E-state index contributed by atoms with van der Waals surface area (Å²) < 4.78 is 5.77. The van der Waals surface area contributed by atoms with Crippen LogP contribution in [0.1, 0.15) is 44.6 Å². The van der Waals surface area contributed by atoms with Crippen molar-refractivity contribution >= 4 is 0 Å². The third-order valence-corrected chi connectivity index (χ3v) is 3.11. The predicted molar refractivity (Wildman–Crippen MR) is 62.1 cm³/mol. The second kappa shape index (κ2) is 4.40. The molecule has 1 aliphatic rings. The van der Waals surface area contributed by atoms with Crippen LogP contribution in [0, 0.1) is 5.92 Å². The SMILES string of the molecule is CCc1ccc(C2CC2CNC(C)C)o1. The van der Waals surface area contributed by atoms with E-state index in [0.717, 1.165) is 24.6 Å². The molecule has 1 aliphatic carbocycles. The molecule has 1 aromatic heterocycles. The van der Waals surface area contributed by atoms with Gasteiger partial charge in [-0.15, -0.1) is 0 Å². The first-order chi connectivity index (χ1) is 7.20. The van der Waals surface area contributed by atoms with Gasteiger partial charge in [-0.25, -0.2) is 0 Å². The molecule has 0 bridgehead atoms. The van der Waals surface area contributed by atoms with Gasteiger partial charge in [0.25, 0.3) is 0 Å². The lowest BCUT2D eigenvalue weighted by atomic mass is 10.2. The van der Waals surface area contributed by atoms with Gasteiger partial charge in [-0.1, -0.05) is 20.8 Å². The second-order valence-corrected chi connectivity index (χ2v) is 4.82. The Balaban J connectivity index is 1.82. The molecule has 1 heterocycles. The van der Waals surface area contributed by atoms with Gasteiger partial charge in [0.1, 0.15) is 11.5 Å². The molecular weight excluding hydrogens is 186 g/mol. The van der Waals surface area contributed by atoms with Gasteiger partial charge < -0.3 is 9.73 Å². The smallest absolute Gasteiger partial charge is 0.107 e. The minimum absolute atomic E-state index is 0.592. The van der Waals surface area contributed by atoms with Crippen LogP contribution in [0.25, 0.3) is 0 Å². The lowest BCUT2D eigenvalue weighted by Crippen LogP contribution is -2.25. The molecule has 0 saturated heterocycles. The van der Waals surface area contributed by atoms with Crippen LogP contribution in [-0.4, -0.2) is 12.6 Å². The molecule has 0 aliphatic heterocycles. The highest BCUT2D eigenvalue weighted by Crippen LogP contribution is 2.47. The van der Waals surface area contributed by atoms with Gasteiger partial charge in [-0.05, 0) is 31.0 Å². The van der Waals surface area contributed by atoms with Gasteiger partial charge >= 0.3 is 0 Å². The Kier molecular flexibility index (Phi) is 3.15. The van der Waals surface area contributed by atoms with Gasteiger partial charge in [-0.2, -0.15) is 0 Å². The quantitative estimate of drug-likeness (QED) is 0.803. The monoisotopic (exact) mass is 207 g/mol. The lowest BCUT2D eigenvalue weighted by Gasteiger charge is -2.06. The van der Waals surface area contributed by atoms with Gasteiger partial charge in [-0.3, -0.25) is 0 Å². The maximum Gasteiger partial charge on any atom is 0.107 e. The highest BCUT2D eigenvalue weighted by molar-refractivity contribution is 5.18. The molecule has 2 atom stereocenters. The zero-order valence-corrected chi connectivity index (χ0v) is 9.92. The van der Waals surface area contributed by atoms with Crippen molar-refractivity contribution in [2.24, 2.45) is 5.92 Å². The Hall–Kier alpha value is -0.760. The molecule has 2 unspecified atom stereocenters. The summed E-state index contributed by atoms with van der Waals surface area (Å²) in [6, 6.07) is 4.86. The van der Waals surface area contributed by atoms with E-state index in [9.17, 15) is 0 Å². The van der Waals surface area contributed by atoms with Gasteiger partial charge in [0.05, 0.1) is 0 Å². The van der Waals surface area contributed by atoms with Crippen LogP contribution in [-0.2, 0) is 6.42 Å². The third kappa shape index (κ3) is 2.63. The van der Waals surface area contributed by atoms with E-state index in [-0.39, 0.29) is 0 Å². The number of furan rings is 1. The van der Waals surface area contributed by atoms with Crippen molar-refractivity contribution in [2.75, 3.05) is 6.54 Å². The van der Waals surface area contributed by atoms with E-state index in [1.807, 2.05) is 0 Å². The fourth-order valence-corrected chi connectivity index (χ4v) is 1.99. The highest BCUT2D eigenvalue weighted by Gasteiger charge is 2.40. The standard InChI is InChI=1S/C13H21NO/c1-4-11-5-6-13(15-11)12-7-10(12)8-14-9(2)3/h5-6,9-10,12,14H,4,7-8H2,1-3H3. The Labute approximate surface area is 92.1 Å². The first-order valence-corrected chi connectivity index (χ1v) is 6.02. The van der Waals surface area contributed by atoms with Crippen molar-refractivity contribution in [1.29, 1.82) is 0 Å². The van der Waals surface area contributed by atoms with Crippen LogP contribution >= 0.6 is 0 Å². The van der Waals surface area contributed by atoms with Crippen LogP contribution < -0.4 is 5.32 Å². The molecule has 1 N–H and O–H groups in total. The molecule has 1 saturated carbocycles. The maximum absolute atomic E-state index is 5.77. The average molecular weight is 207 g/mol. The number of aryl methyl sites for hydroxylation is 1. The van der Waals surface area contributed by atoms with Gasteiger partial charge in [0.15, 0.2) is 0 Å². The average Bonchev–Trinajstić information content (AvgIpc) is 2.83. The summed E-state index contributed by atoms with van der Waals surface area (Å²) in [7, 11) is 0. The molecule has 84 valence electrons.